The molecule has 0 aliphatic heterocycles. The molecule has 2 aromatic rings. The molecule has 0 saturated heterocycles. The first-order valence-electron chi connectivity index (χ1n) is 7.90. The van der Waals surface area contributed by atoms with Gasteiger partial charge in [-0.1, -0.05) is 31.2 Å². The molecule has 0 spiro atoms. The third kappa shape index (κ3) is 4.79. The molecule has 0 saturated carbocycles. The predicted molar refractivity (Wildman–Crippen MR) is 89.1 cm³/mol. The highest BCUT2D eigenvalue weighted by Crippen LogP contribution is 2.30. The van der Waals surface area contributed by atoms with Gasteiger partial charge in [0.1, 0.15) is 0 Å². The molecule has 134 valence electrons. The van der Waals surface area contributed by atoms with Gasteiger partial charge < -0.3 is 5.32 Å². The second kappa shape index (κ2) is 7.65. The van der Waals surface area contributed by atoms with E-state index in [1.54, 1.807) is 12.1 Å². The van der Waals surface area contributed by atoms with Crippen LogP contribution in [0.1, 0.15) is 49.0 Å². The van der Waals surface area contributed by atoms with Crippen molar-refractivity contribution in [1.82, 2.24) is 5.32 Å². The Balaban J connectivity index is 2.15. The zero-order valence-corrected chi connectivity index (χ0v) is 13.9. The van der Waals surface area contributed by atoms with Crippen LogP contribution in [-0.2, 0) is 6.18 Å². The average molecular weight is 352 g/mol. The summed E-state index contributed by atoms with van der Waals surface area (Å²) in [6, 6.07) is 11.0. The van der Waals surface area contributed by atoms with Crippen molar-refractivity contribution in [3.8, 4) is 0 Å². The van der Waals surface area contributed by atoms with Crippen molar-refractivity contribution >= 4 is 5.69 Å². The van der Waals surface area contributed by atoms with E-state index in [4.69, 9.17) is 0 Å². The minimum Gasteiger partial charge on any atom is -0.303 e. The topological polar surface area (TPSA) is 55.2 Å². The maximum Gasteiger partial charge on any atom is 0.416 e. The largest absolute Gasteiger partial charge is 0.416 e. The van der Waals surface area contributed by atoms with Crippen LogP contribution in [0, 0.1) is 10.1 Å². The van der Waals surface area contributed by atoms with Gasteiger partial charge in [-0.05, 0) is 36.6 Å². The molecular weight excluding hydrogens is 333 g/mol. The molecule has 0 bridgehead atoms. The number of nitro groups is 1. The molecular formula is C18H19F3N2O2. The molecule has 7 heteroatoms. The summed E-state index contributed by atoms with van der Waals surface area (Å²) in [5.74, 6) is 0. The summed E-state index contributed by atoms with van der Waals surface area (Å²) in [6.07, 6.45) is -3.67. The molecule has 1 N–H and O–H groups in total. The number of non-ortho nitro benzene ring substituents is 1. The third-order valence-corrected chi connectivity index (χ3v) is 4.08. The highest BCUT2D eigenvalue weighted by molar-refractivity contribution is 5.36. The van der Waals surface area contributed by atoms with E-state index in [-0.39, 0.29) is 17.8 Å². The Labute approximate surface area is 143 Å². The van der Waals surface area contributed by atoms with Gasteiger partial charge in [-0.25, -0.2) is 0 Å². The molecule has 0 aliphatic carbocycles. The quantitative estimate of drug-likeness (QED) is 0.558. The molecule has 0 amide bonds. The Morgan fingerprint density at radius 1 is 1.12 bits per heavy atom. The summed E-state index contributed by atoms with van der Waals surface area (Å²) < 4.78 is 37.9. The molecule has 2 atom stereocenters. The molecule has 0 aliphatic rings. The van der Waals surface area contributed by atoms with E-state index in [2.05, 4.69) is 5.32 Å². The molecule has 0 fully saturated rings. The number of hydrogen-bond acceptors (Lipinski definition) is 3. The summed E-state index contributed by atoms with van der Waals surface area (Å²) >= 11 is 0. The first-order valence-corrected chi connectivity index (χ1v) is 7.90. The van der Waals surface area contributed by atoms with Gasteiger partial charge in [-0.2, -0.15) is 13.2 Å². The van der Waals surface area contributed by atoms with Crippen molar-refractivity contribution < 1.29 is 18.1 Å². The number of alkyl halides is 3. The van der Waals surface area contributed by atoms with Gasteiger partial charge in [-0.15, -0.1) is 0 Å². The highest BCUT2D eigenvalue weighted by atomic mass is 19.4. The van der Waals surface area contributed by atoms with E-state index >= 15 is 0 Å². The molecule has 25 heavy (non-hydrogen) atoms. The van der Waals surface area contributed by atoms with E-state index in [1.165, 1.54) is 24.3 Å². The first-order chi connectivity index (χ1) is 11.7. The van der Waals surface area contributed by atoms with Crippen LogP contribution in [-0.4, -0.2) is 4.92 Å². The SMILES string of the molecule is CCC(NC(C)c1ccc(C(F)(F)F)cc1)c1cccc([N+](=O)[O-])c1. The Hall–Kier alpha value is -2.41. The number of nitro benzene ring substituents is 1. The molecule has 2 aromatic carbocycles. The Kier molecular flexibility index (Phi) is 5.79. The summed E-state index contributed by atoms with van der Waals surface area (Å²) in [7, 11) is 0. The lowest BCUT2D eigenvalue weighted by molar-refractivity contribution is -0.384. The molecule has 2 unspecified atom stereocenters. The number of halogens is 3. The van der Waals surface area contributed by atoms with E-state index in [1.807, 2.05) is 13.8 Å². The van der Waals surface area contributed by atoms with Gasteiger partial charge in [0.2, 0.25) is 0 Å². The van der Waals surface area contributed by atoms with Crippen LogP contribution in [0.2, 0.25) is 0 Å². The van der Waals surface area contributed by atoms with E-state index in [0.29, 0.717) is 6.42 Å². The molecule has 0 radical (unpaired) electrons. The minimum absolute atomic E-state index is 0.0138. The Morgan fingerprint density at radius 3 is 2.28 bits per heavy atom. The van der Waals surface area contributed by atoms with E-state index in [9.17, 15) is 23.3 Å². The fourth-order valence-electron chi connectivity index (χ4n) is 2.66. The predicted octanol–water partition coefficient (Wildman–Crippen LogP) is 5.42. The molecule has 0 aromatic heterocycles. The number of nitrogens with zero attached hydrogens (tertiary/aromatic N) is 1. The van der Waals surface area contributed by atoms with Crippen molar-refractivity contribution in [3.05, 3.63) is 75.3 Å². The van der Waals surface area contributed by atoms with Gasteiger partial charge in [0.25, 0.3) is 5.69 Å². The van der Waals surface area contributed by atoms with Crippen LogP contribution >= 0.6 is 0 Å². The van der Waals surface area contributed by atoms with Gasteiger partial charge in [0, 0.05) is 24.2 Å². The van der Waals surface area contributed by atoms with Crippen molar-refractivity contribution in [2.45, 2.75) is 38.5 Å². The van der Waals surface area contributed by atoms with Crippen molar-refractivity contribution in [2.24, 2.45) is 0 Å². The smallest absolute Gasteiger partial charge is 0.303 e. The van der Waals surface area contributed by atoms with E-state index < -0.39 is 16.7 Å². The second-order valence-corrected chi connectivity index (χ2v) is 5.82. The number of rotatable bonds is 6. The van der Waals surface area contributed by atoms with Crippen molar-refractivity contribution in [3.63, 3.8) is 0 Å². The summed E-state index contributed by atoms with van der Waals surface area (Å²) in [5.41, 5.74) is 0.821. The zero-order chi connectivity index (χ0) is 18.6. The van der Waals surface area contributed by atoms with Crippen molar-refractivity contribution in [1.29, 1.82) is 0 Å². The van der Waals surface area contributed by atoms with Crippen LogP contribution in [0.3, 0.4) is 0 Å². The van der Waals surface area contributed by atoms with E-state index in [0.717, 1.165) is 23.3 Å². The van der Waals surface area contributed by atoms with Crippen LogP contribution < -0.4 is 5.32 Å². The molecule has 4 nitrogen and oxygen atoms in total. The lowest BCUT2D eigenvalue weighted by Crippen LogP contribution is -2.24. The fraction of sp³-hybridized carbons (Fsp3) is 0.333. The Bertz CT molecular complexity index is 730. The minimum atomic E-state index is -4.36. The summed E-state index contributed by atoms with van der Waals surface area (Å²) in [6.45, 7) is 3.79. The Morgan fingerprint density at radius 2 is 1.76 bits per heavy atom. The van der Waals surface area contributed by atoms with Crippen LogP contribution in [0.5, 0.6) is 0 Å². The standard InChI is InChI=1S/C18H19F3N2O2/c1-3-17(14-5-4-6-16(11-14)23(24)25)22-12(2)13-7-9-15(10-8-13)18(19,20)21/h4-12,17,22H,3H2,1-2H3. The van der Waals surface area contributed by atoms with Gasteiger partial charge in [0.15, 0.2) is 0 Å². The van der Waals surface area contributed by atoms with Crippen LogP contribution in [0.15, 0.2) is 48.5 Å². The van der Waals surface area contributed by atoms with Gasteiger partial charge in [0.05, 0.1) is 10.5 Å². The zero-order valence-electron chi connectivity index (χ0n) is 13.9. The third-order valence-electron chi connectivity index (χ3n) is 4.08. The summed E-state index contributed by atoms with van der Waals surface area (Å²) in [4.78, 5) is 10.5. The van der Waals surface area contributed by atoms with Gasteiger partial charge in [-0.3, -0.25) is 10.1 Å². The monoisotopic (exact) mass is 352 g/mol. The highest BCUT2D eigenvalue weighted by Gasteiger charge is 2.30. The maximum atomic E-state index is 12.6. The molecule has 0 heterocycles. The lowest BCUT2D eigenvalue weighted by Gasteiger charge is -2.23. The number of hydrogen-bond donors (Lipinski definition) is 1. The average Bonchev–Trinajstić information content (AvgIpc) is 2.59. The normalized spacial score (nSPS) is 14.1. The van der Waals surface area contributed by atoms with Crippen LogP contribution in [0.4, 0.5) is 18.9 Å². The maximum absolute atomic E-state index is 12.6. The summed E-state index contributed by atoms with van der Waals surface area (Å²) in [5, 5.41) is 14.2. The van der Waals surface area contributed by atoms with Crippen LogP contribution in [0.25, 0.3) is 0 Å². The van der Waals surface area contributed by atoms with Gasteiger partial charge >= 0.3 is 6.18 Å². The lowest BCUT2D eigenvalue weighted by atomic mass is 10.00. The number of benzene rings is 2. The first kappa shape index (κ1) is 18.9. The fourth-order valence-corrected chi connectivity index (χ4v) is 2.66. The number of nitrogens with one attached hydrogen (secondary N) is 1. The molecule has 2 rings (SSSR count). The second-order valence-electron chi connectivity index (χ2n) is 5.82. The van der Waals surface area contributed by atoms with Crippen molar-refractivity contribution in [2.75, 3.05) is 0 Å².